The van der Waals surface area contributed by atoms with Crippen molar-refractivity contribution in [2.75, 3.05) is 6.61 Å². The van der Waals surface area contributed by atoms with Gasteiger partial charge in [0.15, 0.2) is 0 Å². The summed E-state index contributed by atoms with van der Waals surface area (Å²) >= 11 is 0. The number of hydrogen-bond donors (Lipinski definition) is 1. The SMILES string of the molecule is C=CC(=O)OC(CC)OCC(C)O. The first kappa shape index (κ1) is 12.1. The maximum absolute atomic E-state index is 10.7. The first-order valence-electron chi connectivity index (χ1n) is 4.22. The van der Waals surface area contributed by atoms with Crippen molar-refractivity contribution in [1.82, 2.24) is 0 Å². The molecule has 13 heavy (non-hydrogen) atoms. The van der Waals surface area contributed by atoms with E-state index in [2.05, 4.69) is 6.58 Å². The van der Waals surface area contributed by atoms with Gasteiger partial charge in [0, 0.05) is 12.5 Å². The van der Waals surface area contributed by atoms with E-state index in [9.17, 15) is 4.79 Å². The number of carbonyl (C=O) groups is 1. The fraction of sp³-hybridized carbons (Fsp3) is 0.667. The molecule has 0 aromatic carbocycles. The summed E-state index contributed by atoms with van der Waals surface area (Å²) in [5.41, 5.74) is 0. The molecule has 0 aliphatic carbocycles. The Hall–Kier alpha value is -0.870. The molecule has 0 saturated heterocycles. The van der Waals surface area contributed by atoms with Crippen LogP contribution in [-0.4, -0.2) is 30.1 Å². The molecule has 0 radical (unpaired) electrons. The Kier molecular flexibility index (Phi) is 6.18. The second-order valence-electron chi connectivity index (χ2n) is 2.66. The minimum Gasteiger partial charge on any atom is -0.433 e. The topological polar surface area (TPSA) is 55.8 Å². The van der Waals surface area contributed by atoms with Crippen LogP contribution in [0.3, 0.4) is 0 Å². The lowest BCUT2D eigenvalue weighted by Gasteiger charge is -2.16. The highest BCUT2D eigenvalue weighted by Gasteiger charge is 2.11. The summed E-state index contributed by atoms with van der Waals surface area (Å²) in [6.07, 6.45) is 0.470. The van der Waals surface area contributed by atoms with Gasteiger partial charge in [0.05, 0.1) is 12.7 Å². The van der Waals surface area contributed by atoms with E-state index < -0.39 is 18.4 Å². The molecule has 0 heterocycles. The largest absolute Gasteiger partial charge is 0.433 e. The van der Waals surface area contributed by atoms with Gasteiger partial charge >= 0.3 is 5.97 Å². The molecule has 2 atom stereocenters. The van der Waals surface area contributed by atoms with Gasteiger partial charge < -0.3 is 14.6 Å². The molecule has 0 saturated carbocycles. The molecular formula is C9H16O4. The Labute approximate surface area is 78.2 Å². The number of aliphatic hydroxyl groups is 1. The van der Waals surface area contributed by atoms with Crippen molar-refractivity contribution in [2.45, 2.75) is 32.7 Å². The molecule has 0 aromatic heterocycles. The van der Waals surface area contributed by atoms with Gasteiger partial charge in [0.1, 0.15) is 0 Å². The summed E-state index contributed by atoms with van der Waals surface area (Å²) in [5, 5.41) is 8.90. The zero-order chi connectivity index (χ0) is 10.3. The van der Waals surface area contributed by atoms with E-state index in [1.54, 1.807) is 6.92 Å². The Morgan fingerprint density at radius 1 is 1.69 bits per heavy atom. The van der Waals surface area contributed by atoms with Gasteiger partial charge in [-0.25, -0.2) is 4.79 Å². The second-order valence-corrected chi connectivity index (χ2v) is 2.66. The number of rotatable bonds is 6. The molecule has 0 amide bonds. The summed E-state index contributed by atoms with van der Waals surface area (Å²) in [5.74, 6) is -0.516. The highest BCUT2D eigenvalue weighted by molar-refractivity contribution is 5.81. The van der Waals surface area contributed by atoms with Crippen LogP contribution in [0, 0.1) is 0 Å². The average Bonchev–Trinajstić information content (AvgIpc) is 2.11. The van der Waals surface area contributed by atoms with Crippen LogP contribution in [0.5, 0.6) is 0 Å². The minimum absolute atomic E-state index is 0.156. The molecule has 2 unspecified atom stereocenters. The van der Waals surface area contributed by atoms with Crippen molar-refractivity contribution < 1.29 is 19.4 Å². The van der Waals surface area contributed by atoms with Crippen molar-refractivity contribution in [3.63, 3.8) is 0 Å². The van der Waals surface area contributed by atoms with Crippen LogP contribution in [-0.2, 0) is 14.3 Å². The fourth-order valence-corrected chi connectivity index (χ4v) is 0.659. The van der Waals surface area contributed by atoms with E-state index in [4.69, 9.17) is 14.6 Å². The van der Waals surface area contributed by atoms with E-state index >= 15 is 0 Å². The first-order valence-corrected chi connectivity index (χ1v) is 4.22. The van der Waals surface area contributed by atoms with Crippen LogP contribution < -0.4 is 0 Å². The van der Waals surface area contributed by atoms with Crippen molar-refractivity contribution in [3.8, 4) is 0 Å². The Balaban J connectivity index is 3.75. The van der Waals surface area contributed by atoms with Gasteiger partial charge in [-0.15, -0.1) is 0 Å². The summed E-state index contributed by atoms with van der Waals surface area (Å²) < 4.78 is 9.89. The zero-order valence-corrected chi connectivity index (χ0v) is 8.03. The number of hydrogen-bond acceptors (Lipinski definition) is 4. The van der Waals surface area contributed by atoms with Crippen LogP contribution in [0.4, 0.5) is 0 Å². The lowest BCUT2D eigenvalue weighted by atomic mass is 10.4. The standard InChI is InChI=1S/C9H16O4/c1-4-8(11)13-9(5-2)12-6-7(3)10/h4,7,9-10H,1,5-6H2,2-3H3. The van der Waals surface area contributed by atoms with Crippen LogP contribution >= 0.6 is 0 Å². The van der Waals surface area contributed by atoms with Crippen LogP contribution in [0.25, 0.3) is 0 Å². The molecule has 0 aliphatic heterocycles. The third kappa shape index (κ3) is 6.31. The van der Waals surface area contributed by atoms with Gasteiger partial charge in [-0.2, -0.15) is 0 Å². The maximum atomic E-state index is 10.7. The molecule has 0 aromatic rings. The van der Waals surface area contributed by atoms with Crippen LogP contribution in [0.15, 0.2) is 12.7 Å². The summed E-state index contributed by atoms with van der Waals surface area (Å²) in [6, 6.07) is 0. The van der Waals surface area contributed by atoms with Crippen molar-refractivity contribution in [1.29, 1.82) is 0 Å². The zero-order valence-electron chi connectivity index (χ0n) is 8.03. The van der Waals surface area contributed by atoms with Gasteiger partial charge in [-0.3, -0.25) is 0 Å². The fourth-order valence-electron chi connectivity index (χ4n) is 0.659. The Bertz CT molecular complexity index is 165. The lowest BCUT2D eigenvalue weighted by Crippen LogP contribution is -2.23. The lowest BCUT2D eigenvalue weighted by molar-refractivity contribution is -0.178. The summed E-state index contributed by atoms with van der Waals surface area (Å²) in [7, 11) is 0. The smallest absolute Gasteiger partial charge is 0.332 e. The molecule has 0 bridgehead atoms. The predicted octanol–water partition coefficient (Wildman–Crippen LogP) is 0.849. The quantitative estimate of drug-likeness (QED) is 0.381. The number of carbonyl (C=O) groups excluding carboxylic acids is 1. The third-order valence-electron chi connectivity index (χ3n) is 1.27. The van der Waals surface area contributed by atoms with Crippen molar-refractivity contribution >= 4 is 5.97 Å². The molecule has 0 rings (SSSR count). The van der Waals surface area contributed by atoms with Gasteiger partial charge in [-0.05, 0) is 6.92 Å². The monoisotopic (exact) mass is 188 g/mol. The predicted molar refractivity (Wildman–Crippen MR) is 48.0 cm³/mol. The van der Waals surface area contributed by atoms with Crippen LogP contribution in [0.2, 0.25) is 0 Å². The highest BCUT2D eigenvalue weighted by atomic mass is 16.7. The minimum atomic E-state index is -0.597. The molecular weight excluding hydrogens is 172 g/mol. The van der Waals surface area contributed by atoms with Gasteiger partial charge in [0.25, 0.3) is 0 Å². The maximum Gasteiger partial charge on any atom is 0.332 e. The Morgan fingerprint density at radius 3 is 2.69 bits per heavy atom. The van der Waals surface area contributed by atoms with Crippen LogP contribution in [0.1, 0.15) is 20.3 Å². The average molecular weight is 188 g/mol. The van der Waals surface area contributed by atoms with E-state index in [-0.39, 0.29) is 6.61 Å². The first-order chi connectivity index (χ1) is 6.10. The normalized spacial score (nSPS) is 14.7. The summed E-state index contributed by atoms with van der Waals surface area (Å²) in [4.78, 5) is 10.7. The number of esters is 1. The third-order valence-corrected chi connectivity index (χ3v) is 1.27. The van der Waals surface area contributed by atoms with E-state index in [0.29, 0.717) is 6.42 Å². The molecule has 1 N–H and O–H groups in total. The van der Waals surface area contributed by atoms with Gasteiger partial charge in [0.2, 0.25) is 6.29 Å². The molecule has 76 valence electrons. The molecule has 4 nitrogen and oxygen atoms in total. The number of aliphatic hydroxyl groups excluding tert-OH is 1. The second kappa shape index (κ2) is 6.62. The van der Waals surface area contributed by atoms with Gasteiger partial charge in [-0.1, -0.05) is 13.5 Å². The summed E-state index contributed by atoms with van der Waals surface area (Å²) in [6.45, 7) is 6.84. The van der Waals surface area contributed by atoms with Crippen molar-refractivity contribution in [3.05, 3.63) is 12.7 Å². The molecule has 0 spiro atoms. The molecule has 4 heteroatoms. The van der Waals surface area contributed by atoms with Crippen molar-refractivity contribution in [2.24, 2.45) is 0 Å². The Morgan fingerprint density at radius 2 is 2.31 bits per heavy atom. The number of ether oxygens (including phenoxy) is 2. The molecule has 0 aliphatic rings. The van der Waals surface area contributed by atoms with E-state index in [1.807, 2.05) is 6.92 Å². The van der Waals surface area contributed by atoms with E-state index in [1.165, 1.54) is 0 Å². The van der Waals surface area contributed by atoms with E-state index in [0.717, 1.165) is 6.08 Å². The molecule has 0 fully saturated rings. The highest BCUT2D eigenvalue weighted by Crippen LogP contribution is 2.02.